The maximum atomic E-state index is 14.6. The second kappa shape index (κ2) is 8.57. The van der Waals surface area contributed by atoms with Crippen molar-refractivity contribution < 1.29 is 27.1 Å². The Morgan fingerprint density at radius 3 is 2.66 bits per heavy atom. The summed E-state index contributed by atoms with van der Waals surface area (Å²) in [4.78, 5) is 12.6. The van der Waals surface area contributed by atoms with Gasteiger partial charge in [0.25, 0.3) is 5.91 Å². The number of nitrogens with one attached hydrogen (secondary N) is 1. The van der Waals surface area contributed by atoms with Crippen molar-refractivity contribution in [2.45, 2.75) is 44.5 Å². The average Bonchev–Trinajstić information content (AvgIpc) is 3.29. The minimum atomic E-state index is -4.08. The fourth-order valence-electron chi connectivity index (χ4n) is 3.41. The number of carbonyl (C=O) groups excluding carboxylic acids is 1. The number of alkyl halides is 3. The molecule has 1 amide bonds. The zero-order chi connectivity index (χ0) is 25.7. The van der Waals surface area contributed by atoms with E-state index < -0.39 is 35.4 Å². The zero-order valence-electron chi connectivity index (χ0n) is 18.7. The van der Waals surface area contributed by atoms with Gasteiger partial charge in [0.2, 0.25) is 12.1 Å². The Balaban J connectivity index is 1.66. The van der Waals surface area contributed by atoms with Crippen LogP contribution in [0.25, 0.3) is 16.9 Å². The van der Waals surface area contributed by atoms with Crippen molar-refractivity contribution in [2.24, 2.45) is 7.05 Å². The first-order valence-corrected chi connectivity index (χ1v) is 10.8. The summed E-state index contributed by atoms with van der Waals surface area (Å²) >= 11 is 6.01. The molecule has 1 aliphatic carbocycles. The van der Waals surface area contributed by atoms with Crippen molar-refractivity contribution in [1.82, 2.24) is 24.9 Å². The number of benzene rings is 1. The molecule has 0 aliphatic heterocycles. The summed E-state index contributed by atoms with van der Waals surface area (Å²) in [6.07, 6.45) is -2.81. The van der Waals surface area contributed by atoms with E-state index in [1.54, 1.807) is 0 Å². The van der Waals surface area contributed by atoms with Crippen LogP contribution in [0.2, 0.25) is 5.02 Å². The average molecular weight is 511 g/mol. The summed E-state index contributed by atoms with van der Waals surface area (Å²) in [6, 6.07) is 4.50. The van der Waals surface area contributed by atoms with Gasteiger partial charge in [-0.15, -0.1) is 5.10 Å². The number of carbonyl (C=O) groups is 1. The van der Waals surface area contributed by atoms with Crippen molar-refractivity contribution in [2.75, 3.05) is 0 Å². The van der Waals surface area contributed by atoms with E-state index in [2.05, 4.69) is 20.3 Å². The minimum absolute atomic E-state index is 0.147. The molecule has 0 bridgehead atoms. The largest absolute Gasteiger partial charge is 0.430 e. The second-order valence-corrected chi connectivity index (χ2v) is 8.68. The fourth-order valence-corrected chi connectivity index (χ4v) is 3.60. The molecule has 1 atom stereocenters. The third-order valence-corrected chi connectivity index (χ3v) is 6.01. The Morgan fingerprint density at radius 1 is 1.37 bits per heavy atom. The number of halogens is 5. The predicted octanol–water partition coefficient (Wildman–Crippen LogP) is 4.49. The first-order chi connectivity index (χ1) is 16.4. The van der Waals surface area contributed by atoms with E-state index >= 15 is 0 Å². The first kappa shape index (κ1) is 24.5. The maximum Gasteiger partial charge on any atom is 0.430 e. The Bertz CT molecular complexity index is 1360. The predicted molar refractivity (Wildman–Crippen MR) is 117 cm³/mol. The molecule has 1 aromatic carbocycles. The lowest BCUT2D eigenvalue weighted by Gasteiger charge is -2.17. The molecule has 1 saturated carbocycles. The SMILES string of the molecule is Cc1c(OC(F)(F)C(C)F)nn(C)c1-n1cc(-c2cc(F)c(Cl)c(C(=O)NC3(C#N)CC3)c2)cn1. The maximum absolute atomic E-state index is 14.6. The van der Waals surface area contributed by atoms with Crippen LogP contribution in [0, 0.1) is 24.1 Å². The molecule has 1 N–H and O–H groups in total. The third-order valence-electron chi connectivity index (χ3n) is 5.62. The normalized spacial score (nSPS) is 15.4. The first-order valence-electron chi connectivity index (χ1n) is 10.4. The number of nitriles is 1. The molecule has 13 heteroatoms. The van der Waals surface area contributed by atoms with Crippen molar-refractivity contribution in [1.29, 1.82) is 5.26 Å². The summed E-state index contributed by atoms with van der Waals surface area (Å²) in [5.41, 5.74) is -0.311. The smallest absolute Gasteiger partial charge is 0.410 e. The molecule has 0 spiro atoms. The van der Waals surface area contributed by atoms with E-state index in [-0.39, 0.29) is 27.5 Å². The Morgan fingerprint density at radius 2 is 2.06 bits per heavy atom. The molecule has 0 saturated heterocycles. The van der Waals surface area contributed by atoms with E-state index in [0.717, 1.165) is 6.07 Å². The van der Waals surface area contributed by atoms with Crippen LogP contribution in [0.4, 0.5) is 17.6 Å². The van der Waals surface area contributed by atoms with Gasteiger partial charge in [0.05, 0.1) is 28.4 Å². The van der Waals surface area contributed by atoms with Crippen LogP contribution in [-0.4, -0.2) is 43.3 Å². The molecule has 35 heavy (non-hydrogen) atoms. The van der Waals surface area contributed by atoms with Gasteiger partial charge < -0.3 is 10.1 Å². The van der Waals surface area contributed by atoms with Crippen molar-refractivity contribution in [3.63, 3.8) is 0 Å². The molecular weight excluding hydrogens is 492 g/mol. The molecular formula is C22H19ClF4N6O2. The highest BCUT2D eigenvalue weighted by atomic mass is 35.5. The third kappa shape index (κ3) is 4.55. The lowest BCUT2D eigenvalue weighted by atomic mass is 10.0. The molecule has 4 rings (SSSR count). The number of aromatic nitrogens is 4. The zero-order valence-corrected chi connectivity index (χ0v) is 19.5. The molecule has 1 fully saturated rings. The highest BCUT2D eigenvalue weighted by Crippen LogP contribution is 2.36. The van der Waals surface area contributed by atoms with Crippen LogP contribution in [0.5, 0.6) is 5.88 Å². The van der Waals surface area contributed by atoms with Crippen LogP contribution in [0.1, 0.15) is 35.7 Å². The number of ether oxygens (including phenoxy) is 1. The number of nitrogens with zero attached hydrogens (tertiary/aromatic N) is 5. The highest BCUT2D eigenvalue weighted by molar-refractivity contribution is 6.34. The lowest BCUT2D eigenvalue weighted by Crippen LogP contribution is -2.35. The summed E-state index contributed by atoms with van der Waals surface area (Å²) in [7, 11) is 1.46. The molecule has 1 unspecified atom stereocenters. The van der Waals surface area contributed by atoms with Crippen molar-refractivity contribution in [3.05, 3.63) is 46.5 Å². The summed E-state index contributed by atoms with van der Waals surface area (Å²) in [5, 5.41) is 19.4. The fraction of sp³-hybridized carbons (Fsp3) is 0.364. The van der Waals surface area contributed by atoms with Crippen LogP contribution in [0.3, 0.4) is 0 Å². The molecule has 8 nitrogen and oxygen atoms in total. The summed E-state index contributed by atoms with van der Waals surface area (Å²) in [6.45, 7) is 2.12. The quantitative estimate of drug-likeness (QED) is 0.472. The van der Waals surface area contributed by atoms with Gasteiger partial charge in [-0.1, -0.05) is 11.6 Å². The number of hydrogen-bond donors (Lipinski definition) is 1. The van der Waals surface area contributed by atoms with E-state index in [0.29, 0.717) is 25.3 Å². The van der Waals surface area contributed by atoms with Gasteiger partial charge in [-0.2, -0.15) is 19.1 Å². The van der Waals surface area contributed by atoms with Gasteiger partial charge in [-0.05, 0) is 44.4 Å². The topological polar surface area (TPSA) is 97.8 Å². The number of amides is 1. The van der Waals surface area contributed by atoms with Crippen LogP contribution >= 0.6 is 11.6 Å². The van der Waals surface area contributed by atoms with Crippen molar-refractivity contribution >= 4 is 17.5 Å². The van der Waals surface area contributed by atoms with Crippen LogP contribution in [0.15, 0.2) is 24.5 Å². The monoisotopic (exact) mass is 510 g/mol. The Hall–Kier alpha value is -3.59. The van der Waals surface area contributed by atoms with E-state index in [1.165, 1.54) is 41.8 Å². The summed E-state index contributed by atoms with van der Waals surface area (Å²) in [5.74, 6) is -1.77. The van der Waals surface area contributed by atoms with Gasteiger partial charge >= 0.3 is 6.11 Å². The molecule has 3 aromatic rings. The number of hydrogen-bond acceptors (Lipinski definition) is 5. The number of aryl methyl sites for hydroxylation is 1. The lowest BCUT2D eigenvalue weighted by molar-refractivity contribution is -0.217. The molecule has 184 valence electrons. The molecule has 1 aliphatic rings. The summed E-state index contributed by atoms with van der Waals surface area (Å²) < 4.78 is 62.2. The van der Waals surface area contributed by atoms with Crippen molar-refractivity contribution in [3.8, 4) is 28.9 Å². The minimum Gasteiger partial charge on any atom is -0.410 e. The van der Waals surface area contributed by atoms with Gasteiger partial charge in [0.15, 0.2) is 5.82 Å². The van der Waals surface area contributed by atoms with E-state index in [1.807, 2.05) is 6.07 Å². The molecule has 2 aromatic heterocycles. The van der Waals surface area contributed by atoms with E-state index in [4.69, 9.17) is 11.6 Å². The Kier molecular flexibility index (Phi) is 6.00. The Labute approximate surface area is 202 Å². The highest BCUT2D eigenvalue weighted by Gasteiger charge is 2.45. The van der Waals surface area contributed by atoms with Gasteiger partial charge in [0.1, 0.15) is 11.4 Å². The van der Waals surface area contributed by atoms with E-state index in [9.17, 15) is 27.6 Å². The van der Waals surface area contributed by atoms with Crippen LogP contribution < -0.4 is 10.1 Å². The van der Waals surface area contributed by atoms with Gasteiger partial charge in [-0.3, -0.25) is 4.79 Å². The van der Waals surface area contributed by atoms with Gasteiger partial charge in [-0.25, -0.2) is 18.1 Å². The standard InChI is InChI=1S/C22H19ClF4N6O2/c1-11-19(35-22(26,27)12(2)24)31-32(3)20(11)33-9-14(8-29-33)13-6-15(17(23)16(25)7-13)18(34)30-21(10-28)4-5-21/h6-9,12H,4-5H2,1-3H3,(H,30,34). The number of rotatable bonds is 7. The second-order valence-electron chi connectivity index (χ2n) is 8.30. The van der Waals surface area contributed by atoms with Crippen LogP contribution in [-0.2, 0) is 7.05 Å². The van der Waals surface area contributed by atoms with Gasteiger partial charge in [0, 0.05) is 18.8 Å². The molecule has 2 heterocycles. The molecule has 0 radical (unpaired) electrons.